The Morgan fingerprint density at radius 3 is 2.67 bits per heavy atom. The molecule has 1 aromatic heterocycles. The molecule has 0 fully saturated rings. The van der Waals surface area contributed by atoms with Crippen molar-refractivity contribution in [3.8, 4) is 0 Å². The molecule has 1 aromatic carbocycles. The second kappa shape index (κ2) is 6.15. The number of para-hydroxylation sites is 2. The van der Waals surface area contributed by atoms with Crippen LogP contribution in [0.5, 0.6) is 0 Å². The summed E-state index contributed by atoms with van der Waals surface area (Å²) < 4.78 is 31.0. The summed E-state index contributed by atoms with van der Waals surface area (Å²) in [6.45, 7) is 1.29. The van der Waals surface area contributed by atoms with Gasteiger partial charge in [-0.25, -0.2) is 8.42 Å². The predicted octanol–water partition coefficient (Wildman–Crippen LogP) is 0.894. The molecule has 0 radical (unpaired) electrons. The Morgan fingerprint density at radius 1 is 1.38 bits per heavy atom. The Balaban J connectivity index is 2.35. The van der Waals surface area contributed by atoms with Gasteiger partial charge in [-0.2, -0.15) is 0 Å². The molecular formula is C13H17N3O4S. The summed E-state index contributed by atoms with van der Waals surface area (Å²) in [5.41, 5.74) is 6.80. The predicted molar refractivity (Wildman–Crippen MR) is 79.2 cm³/mol. The van der Waals surface area contributed by atoms with Gasteiger partial charge in [-0.3, -0.25) is 4.31 Å². The number of aryl methyl sites for hydroxylation is 1. The SMILES string of the molecule is Cc1cc(CS(=O)(=O)N(CCO)c2ccccc2N)no1. The van der Waals surface area contributed by atoms with Gasteiger partial charge < -0.3 is 15.4 Å². The average Bonchev–Trinajstić information content (AvgIpc) is 2.81. The number of aliphatic hydroxyl groups is 1. The number of aliphatic hydroxyl groups excluding tert-OH is 1. The zero-order valence-electron chi connectivity index (χ0n) is 11.6. The monoisotopic (exact) mass is 311 g/mol. The number of sulfonamides is 1. The first kappa shape index (κ1) is 15.3. The number of nitrogen functional groups attached to an aromatic ring is 1. The van der Waals surface area contributed by atoms with Crippen molar-refractivity contribution in [3.63, 3.8) is 0 Å². The third kappa shape index (κ3) is 3.53. The molecule has 114 valence electrons. The van der Waals surface area contributed by atoms with E-state index in [1.54, 1.807) is 37.3 Å². The number of aromatic nitrogens is 1. The zero-order valence-corrected chi connectivity index (χ0v) is 12.4. The molecule has 0 saturated heterocycles. The summed E-state index contributed by atoms with van der Waals surface area (Å²) in [4.78, 5) is 0. The molecule has 2 rings (SSSR count). The molecule has 0 bridgehead atoms. The topological polar surface area (TPSA) is 110 Å². The van der Waals surface area contributed by atoms with Crippen molar-refractivity contribution in [2.45, 2.75) is 12.7 Å². The van der Waals surface area contributed by atoms with Gasteiger partial charge in [0.1, 0.15) is 17.2 Å². The van der Waals surface area contributed by atoms with Crippen LogP contribution in [-0.2, 0) is 15.8 Å². The molecule has 21 heavy (non-hydrogen) atoms. The molecule has 0 saturated carbocycles. The number of hydrogen-bond acceptors (Lipinski definition) is 6. The van der Waals surface area contributed by atoms with Crippen molar-refractivity contribution in [1.82, 2.24) is 5.16 Å². The van der Waals surface area contributed by atoms with Gasteiger partial charge in [0.05, 0.1) is 24.5 Å². The number of nitrogens with two attached hydrogens (primary N) is 1. The Bertz CT molecular complexity index is 712. The fraction of sp³-hybridized carbons (Fsp3) is 0.308. The van der Waals surface area contributed by atoms with Gasteiger partial charge in [-0.05, 0) is 19.1 Å². The molecule has 3 N–H and O–H groups in total. The third-order valence-corrected chi connectivity index (χ3v) is 4.56. The lowest BCUT2D eigenvalue weighted by atomic mass is 10.3. The van der Waals surface area contributed by atoms with E-state index < -0.39 is 10.0 Å². The number of benzene rings is 1. The van der Waals surface area contributed by atoms with E-state index in [0.29, 0.717) is 22.8 Å². The highest BCUT2D eigenvalue weighted by Crippen LogP contribution is 2.26. The van der Waals surface area contributed by atoms with Crippen LogP contribution in [0.4, 0.5) is 11.4 Å². The van der Waals surface area contributed by atoms with Crippen LogP contribution in [0.25, 0.3) is 0 Å². The molecule has 8 heteroatoms. The lowest BCUT2D eigenvalue weighted by Crippen LogP contribution is -2.35. The minimum Gasteiger partial charge on any atom is -0.397 e. The normalized spacial score (nSPS) is 11.5. The number of nitrogens with zero attached hydrogens (tertiary/aromatic N) is 2. The summed E-state index contributed by atoms with van der Waals surface area (Å²) in [6, 6.07) is 8.16. The number of hydrogen-bond donors (Lipinski definition) is 2. The van der Waals surface area contributed by atoms with E-state index in [2.05, 4.69) is 5.16 Å². The van der Waals surface area contributed by atoms with Crippen LogP contribution in [0.2, 0.25) is 0 Å². The van der Waals surface area contributed by atoms with Crippen molar-refractivity contribution in [2.75, 3.05) is 23.2 Å². The standard InChI is InChI=1S/C13H17N3O4S/c1-10-8-11(15-20-10)9-21(18,19)16(6-7-17)13-5-3-2-4-12(13)14/h2-5,8,17H,6-7,9,14H2,1H3. The molecule has 0 unspecified atom stereocenters. The molecule has 0 aliphatic rings. The highest BCUT2D eigenvalue weighted by Gasteiger charge is 2.25. The van der Waals surface area contributed by atoms with Crippen molar-refractivity contribution in [1.29, 1.82) is 0 Å². The zero-order chi connectivity index (χ0) is 15.5. The highest BCUT2D eigenvalue weighted by atomic mass is 32.2. The lowest BCUT2D eigenvalue weighted by molar-refractivity contribution is 0.306. The quantitative estimate of drug-likeness (QED) is 0.767. The van der Waals surface area contributed by atoms with Crippen LogP contribution >= 0.6 is 0 Å². The first-order valence-electron chi connectivity index (χ1n) is 6.32. The molecule has 0 amide bonds. The van der Waals surface area contributed by atoms with E-state index in [-0.39, 0.29) is 18.9 Å². The van der Waals surface area contributed by atoms with Crippen LogP contribution < -0.4 is 10.0 Å². The summed E-state index contributed by atoms with van der Waals surface area (Å²) in [6.07, 6.45) is 0. The molecule has 0 atom stereocenters. The molecule has 0 aliphatic carbocycles. The minimum absolute atomic E-state index is 0.0760. The van der Waals surface area contributed by atoms with Gasteiger partial charge in [0.25, 0.3) is 0 Å². The third-order valence-electron chi connectivity index (χ3n) is 2.85. The van der Waals surface area contributed by atoms with Crippen molar-refractivity contribution >= 4 is 21.4 Å². The molecule has 0 spiro atoms. The molecular weight excluding hydrogens is 294 g/mol. The van der Waals surface area contributed by atoms with Crippen LogP contribution in [0.1, 0.15) is 11.5 Å². The maximum Gasteiger partial charge on any atom is 0.241 e. The van der Waals surface area contributed by atoms with Gasteiger partial charge >= 0.3 is 0 Å². The van der Waals surface area contributed by atoms with E-state index in [0.717, 1.165) is 4.31 Å². The first-order valence-corrected chi connectivity index (χ1v) is 7.93. The maximum absolute atomic E-state index is 12.5. The first-order chi connectivity index (χ1) is 9.94. The summed E-state index contributed by atoms with van der Waals surface area (Å²) in [5.74, 6) is 0.215. The fourth-order valence-corrected chi connectivity index (χ4v) is 3.46. The van der Waals surface area contributed by atoms with Gasteiger partial charge in [-0.1, -0.05) is 17.3 Å². The van der Waals surface area contributed by atoms with Crippen LogP contribution in [0.3, 0.4) is 0 Å². The Labute approximate surface area is 123 Å². The summed E-state index contributed by atoms with van der Waals surface area (Å²) in [7, 11) is -3.73. The summed E-state index contributed by atoms with van der Waals surface area (Å²) in [5, 5.41) is 12.8. The lowest BCUT2D eigenvalue weighted by Gasteiger charge is -2.24. The number of rotatable bonds is 6. The second-order valence-corrected chi connectivity index (χ2v) is 6.43. The Hall–Kier alpha value is -2.06. The molecule has 0 aliphatic heterocycles. The molecule has 1 heterocycles. The van der Waals surface area contributed by atoms with Crippen LogP contribution in [-0.4, -0.2) is 31.8 Å². The van der Waals surface area contributed by atoms with Gasteiger partial charge in [-0.15, -0.1) is 0 Å². The van der Waals surface area contributed by atoms with Gasteiger partial charge in [0.2, 0.25) is 10.0 Å². The largest absolute Gasteiger partial charge is 0.397 e. The van der Waals surface area contributed by atoms with E-state index >= 15 is 0 Å². The highest BCUT2D eigenvalue weighted by molar-refractivity contribution is 7.92. The van der Waals surface area contributed by atoms with Crippen molar-refractivity contribution in [3.05, 3.63) is 41.8 Å². The Morgan fingerprint density at radius 2 is 2.10 bits per heavy atom. The molecule has 7 nitrogen and oxygen atoms in total. The minimum atomic E-state index is -3.73. The average molecular weight is 311 g/mol. The van der Waals surface area contributed by atoms with Gasteiger partial charge in [0.15, 0.2) is 0 Å². The second-order valence-electron chi connectivity index (χ2n) is 4.54. The maximum atomic E-state index is 12.5. The van der Waals surface area contributed by atoms with Crippen LogP contribution in [0, 0.1) is 6.92 Å². The summed E-state index contributed by atoms with van der Waals surface area (Å²) >= 11 is 0. The Kier molecular flexibility index (Phi) is 4.49. The van der Waals surface area contributed by atoms with E-state index in [1.807, 2.05) is 0 Å². The van der Waals surface area contributed by atoms with E-state index in [1.165, 1.54) is 0 Å². The van der Waals surface area contributed by atoms with E-state index in [4.69, 9.17) is 15.4 Å². The van der Waals surface area contributed by atoms with Crippen molar-refractivity contribution < 1.29 is 18.0 Å². The molecule has 2 aromatic rings. The van der Waals surface area contributed by atoms with E-state index in [9.17, 15) is 8.42 Å². The fourth-order valence-electron chi connectivity index (χ4n) is 1.97. The smallest absolute Gasteiger partial charge is 0.241 e. The van der Waals surface area contributed by atoms with Gasteiger partial charge in [0, 0.05) is 6.07 Å². The number of anilines is 2. The van der Waals surface area contributed by atoms with Crippen LogP contribution in [0.15, 0.2) is 34.9 Å². The van der Waals surface area contributed by atoms with Crippen molar-refractivity contribution in [2.24, 2.45) is 0 Å².